The summed E-state index contributed by atoms with van der Waals surface area (Å²) in [6.45, 7) is 0.00512. The third kappa shape index (κ3) is 11.6. The van der Waals surface area contributed by atoms with Crippen molar-refractivity contribution in [1.29, 1.82) is 0 Å². The average molecular weight is 749 g/mol. The molecule has 17 nitrogen and oxygen atoms in total. The van der Waals surface area contributed by atoms with Gasteiger partial charge in [0.25, 0.3) is 0 Å². The van der Waals surface area contributed by atoms with Crippen LogP contribution < -0.4 is 32.7 Å². The fraction of sp³-hybridized carbons (Fsp3) is 0.432. The second-order valence-electron chi connectivity index (χ2n) is 13.2. The summed E-state index contributed by atoms with van der Waals surface area (Å²) in [5.41, 5.74) is 13.5. The second-order valence-corrected chi connectivity index (χ2v) is 13.2. The van der Waals surface area contributed by atoms with E-state index in [1.54, 1.807) is 36.5 Å². The molecule has 2 aromatic carbocycles. The van der Waals surface area contributed by atoms with Crippen molar-refractivity contribution in [3.05, 3.63) is 71.9 Å². The lowest BCUT2D eigenvalue weighted by Gasteiger charge is -2.29. The molecule has 0 aliphatic carbocycles. The smallest absolute Gasteiger partial charge is 0.326 e. The van der Waals surface area contributed by atoms with Gasteiger partial charge in [0.15, 0.2) is 0 Å². The number of benzene rings is 2. The Morgan fingerprint density at radius 1 is 0.852 bits per heavy atom. The molecular weight excluding hydrogens is 700 g/mol. The summed E-state index contributed by atoms with van der Waals surface area (Å²) in [6, 6.07) is 10.2. The maximum Gasteiger partial charge on any atom is 0.326 e. The molecule has 290 valence electrons. The molecule has 3 aromatic rings. The number of para-hydroxylation sites is 1. The number of H-pyrrole nitrogens is 1. The monoisotopic (exact) mass is 748 g/mol. The SMILES string of the molecule is NCCCC[C@H](NC(=O)[C@H](Cc1ccccc1)NC(=O)CNC(=O)[C@@H]1CCCN1C(=O)[C@H](Cc1c[nH]c2ccccc12)NC(=O)[C@@H](N)CC(=O)O)C(=O)O. The second kappa shape index (κ2) is 19.9. The number of hydrogen-bond acceptors (Lipinski definition) is 9. The third-order valence-electron chi connectivity index (χ3n) is 9.20. The summed E-state index contributed by atoms with van der Waals surface area (Å²) < 4.78 is 0. The molecule has 0 spiro atoms. The Hall–Kier alpha value is -5.81. The molecule has 2 heterocycles. The van der Waals surface area contributed by atoms with E-state index < -0.39 is 84.6 Å². The Morgan fingerprint density at radius 2 is 1.56 bits per heavy atom. The summed E-state index contributed by atoms with van der Waals surface area (Å²) >= 11 is 0. The highest BCUT2D eigenvalue weighted by Gasteiger charge is 2.39. The Labute approximate surface area is 311 Å². The number of carbonyl (C=O) groups is 7. The topological polar surface area (TPSA) is 279 Å². The van der Waals surface area contributed by atoms with Gasteiger partial charge in [-0.05, 0) is 55.8 Å². The number of aromatic nitrogens is 1. The van der Waals surface area contributed by atoms with Crippen LogP contribution in [0.3, 0.4) is 0 Å². The van der Waals surface area contributed by atoms with Gasteiger partial charge in [-0.25, -0.2) is 4.79 Å². The molecule has 4 rings (SSSR count). The Kier molecular flexibility index (Phi) is 15.1. The maximum atomic E-state index is 14.0. The lowest BCUT2D eigenvalue weighted by Crippen LogP contribution is -2.57. The lowest BCUT2D eigenvalue weighted by molar-refractivity contribution is -0.142. The summed E-state index contributed by atoms with van der Waals surface area (Å²) in [4.78, 5) is 94.4. The number of likely N-dealkylation sites (tertiary alicyclic amines) is 1. The number of nitrogens with zero attached hydrogens (tertiary/aromatic N) is 1. The van der Waals surface area contributed by atoms with E-state index in [-0.39, 0.29) is 32.2 Å². The molecule has 0 radical (unpaired) electrons. The minimum absolute atomic E-state index is 0.0161. The minimum Gasteiger partial charge on any atom is -0.481 e. The summed E-state index contributed by atoms with van der Waals surface area (Å²) in [7, 11) is 0. The van der Waals surface area contributed by atoms with Crippen molar-refractivity contribution in [1.82, 2.24) is 31.2 Å². The number of carboxylic acid groups (broad SMARTS) is 2. The van der Waals surface area contributed by atoms with E-state index in [9.17, 15) is 38.7 Å². The number of carboxylic acids is 2. The molecule has 1 aliphatic heterocycles. The van der Waals surface area contributed by atoms with Gasteiger partial charge >= 0.3 is 11.9 Å². The van der Waals surface area contributed by atoms with Gasteiger partial charge in [0.1, 0.15) is 24.2 Å². The minimum atomic E-state index is -1.42. The number of amides is 5. The number of fused-ring (bicyclic) bond motifs is 1. The van der Waals surface area contributed by atoms with Crippen LogP contribution in [0.4, 0.5) is 0 Å². The molecule has 0 unspecified atom stereocenters. The van der Waals surface area contributed by atoms with Crippen LogP contribution in [-0.4, -0.2) is 111 Å². The van der Waals surface area contributed by atoms with Crippen molar-refractivity contribution in [2.24, 2.45) is 11.5 Å². The number of unbranched alkanes of at least 4 members (excludes halogenated alkanes) is 1. The van der Waals surface area contributed by atoms with E-state index in [1.807, 2.05) is 24.3 Å². The zero-order valence-corrected chi connectivity index (χ0v) is 29.8. The number of nitrogens with one attached hydrogen (secondary N) is 5. The van der Waals surface area contributed by atoms with Crippen molar-refractivity contribution < 1.29 is 43.8 Å². The number of rotatable bonds is 20. The van der Waals surface area contributed by atoms with Crippen LogP contribution in [0.2, 0.25) is 0 Å². The first kappa shape index (κ1) is 41.0. The van der Waals surface area contributed by atoms with Crippen LogP contribution >= 0.6 is 0 Å². The fourth-order valence-corrected chi connectivity index (χ4v) is 6.40. The van der Waals surface area contributed by atoms with Crippen LogP contribution in [0.15, 0.2) is 60.8 Å². The highest BCUT2D eigenvalue weighted by molar-refractivity contribution is 5.96. The first-order valence-electron chi connectivity index (χ1n) is 17.8. The van der Waals surface area contributed by atoms with E-state index in [4.69, 9.17) is 16.6 Å². The molecule has 11 N–H and O–H groups in total. The van der Waals surface area contributed by atoms with Gasteiger partial charge < -0.3 is 52.8 Å². The van der Waals surface area contributed by atoms with Crippen molar-refractivity contribution in [2.45, 2.75) is 81.6 Å². The predicted molar refractivity (Wildman–Crippen MR) is 196 cm³/mol. The Morgan fingerprint density at radius 3 is 2.26 bits per heavy atom. The molecule has 1 aromatic heterocycles. The Bertz CT molecular complexity index is 1800. The number of hydrogen-bond donors (Lipinski definition) is 9. The van der Waals surface area contributed by atoms with Gasteiger partial charge in [0.05, 0.1) is 19.0 Å². The van der Waals surface area contributed by atoms with Crippen molar-refractivity contribution >= 4 is 52.4 Å². The molecule has 5 atom stereocenters. The summed E-state index contributed by atoms with van der Waals surface area (Å²) in [5, 5.41) is 29.8. The fourth-order valence-electron chi connectivity index (χ4n) is 6.40. The van der Waals surface area contributed by atoms with Crippen LogP contribution in [0.25, 0.3) is 10.9 Å². The standard InChI is InChI=1S/C37H48N8O9/c38-15-7-6-13-27(37(53)54)43-34(50)28(17-22-9-2-1-3-10-22)42-31(46)21-41-35(51)30-14-8-16-45(30)36(52)29(44-33(49)25(39)19-32(47)48)18-23-20-40-26-12-5-4-11-24(23)26/h1-5,9-12,20,25,27-30,40H,6-8,13-19,21,38-39H2,(H,41,51)(H,42,46)(H,43,50)(H,44,49)(H,47,48)(H,53,54)/t25-,27-,28-,29-,30-/m0/s1. The molecular formula is C37H48N8O9. The molecule has 0 bridgehead atoms. The van der Waals surface area contributed by atoms with Gasteiger partial charge in [0.2, 0.25) is 29.5 Å². The number of aliphatic carboxylic acids is 2. The lowest BCUT2D eigenvalue weighted by atomic mass is 10.0. The highest BCUT2D eigenvalue weighted by Crippen LogP contribution is 2.23. The maximum absolute atomic E-state index is 14.0. The van der Waals surface area contributed by atoms with Gasteiger partial charge in [-0.3, -0.25) is 28.8 Å². The van der Waals surface area contributed by atoms with Gasteiger partial charge in [-0.1, -0.05) is 48.5 Å². The quantitative estimate of drug-likeness (QED) is 0.0666. The molecule has 1 fully saturated rings. The highest BCUT2D eigenvalue weighted by atomic mass is 16.4. The van der Waals surface area contributed by atoms with Crippen molar-refractivity contribution in [3.63, 3.8) is 0 Å². The van der Waals surface area contributed by atoms with E-state index in [0.717, 1.165) is 10.9 Å². The normalized spacial score (nSPS) is 16.1. The van der Waals surface area contributed by atoms with E-state index in [0.29, 0.717) is 36.9 Å². The van der Waals surface area contributed by atoms with E-state index in [1.165, 1.54) is 4.90 Å². The van der Waals surface area contributed by atoms with E-state index >= 15 is 0 Å². The van der Waals surface area contributed by atoms with Gasteiger partial charge in [0, 0.05) is 36.5 Å². The van der Waals surface area contributed by atoms with Crippen LogP contribution in [0.5, 0.6) is 0 Å². The zero-order chi connectivity index (χ0) is 39.2. The van der Waals surface area contributed by atoms with Gasteiger partial charge in [-0.2, -0.15) is 0 Å². The van der Waals surface area contributed by atoms with Crippen molar-refractivity contribution in [3.8, 4) is 0 Å². The van der Waals surface area contributed by atoms with Crippen molar-refractivity contribution in [2.75, 3.05) is 19.6 Å². The largest absolute Gasteiger partial charge is 0.481 e. The average Bonchev–Trinajstić information content (AvgIpc) is 3.80. The predicted octanol–water partition coefficient (Wildman–Crippen LogP) is -0.470. The Balaban J connectivity index is 1.44. The summed E-state index contributed by atoms with van der Waals surface area (Å²) in [5.74, 6) is -6.00. The summed E-state index contributed by atoms with van der Waals surface area (Å²) in [6.07, 6.45) is 3.05. The molecule has 0 saturated carbocycles. The molecule has 5 amide bonds. The van der Waals surface area contributed by atoms with E-state index in [2.05, 4.69) is 26.3 Å². The number of nitrogens with two attached hydrogens (primary N) is 2. The third-order valence-corrected chi connectivity index (χ3v) is 9.20. The first-order chi connectivity index (χ1) is 25.9. The first-order valence-corrected chi connectivity index (χ1v) is 17.8. The molecule has 17 heteroatoms. The number of aromatic amines is 1. The molecule has 1 aliphatic rings. The molecule has 1 saturated heterocycles. The van der Waals surface area contributed by atoms with Crippen LogP contribution in [0.1, 0.15) is 49.7 Å². The molecule has 54 heavy (non-hydrogen) atoms. The van der Waals surface area contributed by atoms with Gasteiger partial charge in [-0.15, -0.1) is 0 Å². The van der Waals surface area contributed by atoms with Crippen LogP contribution in [0, 0.1) is 0 Å². The number of carbonyl (C=O) groups excluding carboxylic acids is 5. The zero-order valence-electron chi connectivity index (χ0n) is 29.8. The van der Waals surface area contributed by atoms with Crippen LogP contribution in [-0.2, 0) is 46.4 Å².